The van der Waals surface area contributed by atoms with Gasteiger partial charge in [-0.2, -0.15) is 11.3 Å². The molecule has 0 aliphatic carbocycles. The average molecular weight is 336 g/mol. The quantitative estimate of drug-likeness (QED) is 0.840. The third-order valence-corrected chi connectivity index (χ3v) is 5.11. The van der Waals surface area contributed by atoms with Gasteiger partial charge in [0.15, 0.2) is 5.69 Å². The molecule has 1 aliphatic heterocycles. The zero-order valence-electron chi connectivity index (χ0n) is 12.4. The van der Waals surface area contributed by atoms with Gasteiger partial charge in [-0.15, -0.1) is 5.10 Å². The molecule has 2 aromatic rings. The molecule has 0 radical (unpaired) electrons. The molecular formula is C14H16N4O2S2. The molecule has 0 bridgehead atoms. The van der Waals surface area contributed by atoms with Crippen LogP contribution < -0.4 is 0 Å². The van der Waals surface area contributed by atoms with E-state index in [2.05, 4.69) is 9.59 Å². The number of amides is 2. The maximum Gasteiger partial charge on any atom is 0.275 e. The Kier molecular flexibility index (Phi) is 4.21. The zero-order chi connectivity index (χ0) is 15.7. The first kappa shape index (κ1) is 15.1. The second-order valence-electron chi connectivity index (χ2n) is 5.29. The van der Waals surface area contributed by atoms with Gasteiger partial charge in [0.2, 0.25) is 0 Å². The fourth-order valence-electron chi connectivity index (χ4n) is 2.58. The molecular weight excluding hydrogens is 320 g/mol. The van der Waals surface area contributed by atoms with Crippen molar-refractivity contribution in [1.82, 2.24) is 19.4 Å². The van der Waals surface area contributed by atoms with Gasteiger partial charge in [-0.1, -0.05) is 4.49 Å². The Morgan fingerprint density at radius 1 is 1.32 bits per heavy atom. The van der Waals surface area contributed by atoms with Crippen molar-refractivity contribution < 1.29 is 9.59 Å². The van der Waals surface area contributed by atoms with Gasteiger partial charge in [0.05, 0.1) is 10.4 Å². The molecule has 1 saturated heterocycles. The molecule has 8 heteroatoms. The molecule has 1 atom stereocenters. The minimum atomic E-state index is -0.0965. The van der Waals surface area contributed by atoms with Crippen molar-refractivity contribution >= 4 is 34.7 Å². The first-order valence-corrected chi connectivity index (χ1v) is 8.71. The van der Waals surface area contributed by atoms with E-state index in [-0.39, 0.29) is 17.9 Å². The number of hydrogen-bond donors (Lipinski definition) is 0. The van der Waals surface area contributed by atoms with Gasteiger partial charge in [-0.05, 0) is 36.8 Å². The van der Waals surface area contributed by atoms with Gasteiger partial charge in [0, 0.05) is 31.1 Å². The molecule has 22 heavy (non-hydrogen) atoms. The molecule has 0 N–H and O–H groups in total. The predicted molar refractivity (Wildman–Crippen MR) is 85.4 cm³/mol. The Morgan fingerprint density at radius 3 is 2.73 bits per heavy atom. The Bertz CT molecular complexity index is 683. The highest BCUT2D eigenvalue weighted by molar-refractivity contribution is 7.08. The lowest BCUT2D eigenvalue weighted by Gasteiger charge is -2.39. The van der Waals surface area contributed by atoms with E-state index < -0.39 is 0 Å². The highest BCUT2D eigenvalue weighted by Gasteiger charge is 2.32. The summed E-state index contributed by atoms with van der Waals surface area (Å²) in [5, 5.41) is 7.67. The highest BCUT2D eigenvalue weighted by atomic mass is 32.1. The normalized spacial score (nSPS) is 18.5. The molecule has 6 nitrogen and oxygen atoms in total. The van der Waals surface area contributed by atoms with Gasteiger partial charge >= 0.3 is 0 Å². The van der Waals surface area contributed by atoms with E-state index in [0.29, 0.717) is 25.3 Å². The molecule has 2 aromatic heterocycles. The predicted octanol–water partition coefficient (Wildman–Crippen LogP) is 1.89. The molecule has 0 spiro atoms. The van der Waals surface area contributed by atoms with Crippen LogP contribution in [0.3, 0.4) is 0 Å². The van der Waals surface area contributed by atoms with Crippen molar-refractivity contribution in [2.24, 2.45) is 0 Å². The number of aromatic nitrogens is 2. The molecule has 2 amide bonds. The van der Waals surface area contributed by atoms with E-state index in [1.807, 2.05) is 35.6 Å². The van der Waals surface area contributed by atoms with Crippen LogP contribution in [-0.2, 0) is 0 Å². The van der Waals surface area contributed by atoms with Crippen molar-refractivity contribution in [3.63, 3.8) is 0 Å². The van der Waals surface area contributed by atoms with Gasteiger partial charge in [0.1, 0.15) is 0 Å². The second-order valence-corrected chi connectivity index (χ2v) is 7.03. The summed E-state index contributed by atoms with van der Waals surface area (Å²) in [5.41, 5.74) is 1.14. The summed E-state index contributed by atoms with van der Waals surface area (Å²) >= 11 is 2.74. The van der Waals surface area contributed by atoms with E-state index in [1.54, 1.807) is 4.90 Å². The number of hydrogen-bond acceptors (Lipinski definition) is 6. The van der Waals surface area contributed by atoms with E-state index in [0.717, 1.165) is 10.4 Å². The van der Waals surface area contributed by atoms with E-state index in [9.17, 15) is 9.59 Å². The first-order valence-electron chi connectivity index (χ1n) is 6.99. The topological polar surface area (TPSA) is 66.4 Å². The third-order valence-electron chi connectivity index (χ3n) is 3.80. The van der Waals surface area contributed by atoms with Crippen LogP contribution in [0, 0.1) is 6.92 Å². The Labute approximate surface area is 136 Å². The molecule has 3 rings (SSSR count). The number of carbonyl (C=O) groups is 2. The lowest BCUT2D eigenvalue weighted by molar-refractivity contribution is 0.0411. The standard InChI is InChI=1S/C14H16N4O2S2/c1-9-7-17(14(20)12-10(2)22-16-15-12)4-5-18(9)13(19)11-3-6-21-8-11/h3,6,8-9H,4-5,7H2,1-2H3. The van der Waals surface area contributed by atoms with Crippen LogP contribution in [0.25, 0.3) is 0 Å². The lowest BCUT2D eigenvalue weighted by Crippen LogP contribution is -2.55. The maximum absolute atomic E-state index is 12.5. The fraction of sp³-hybridized carbons (Fsp3) is 0.429. The monoisotopic (exact) mass is 336 g/mol. The highest BCUT2D eigenvalue weighted by Crippen LogP contribution is 2.18. The summed E-state index contributed by atoms with van der Waals surface area (Å²) in [6, 6.07) is 1.82. The molecule has 116 valence electrons. The number of piperazine rings is 1. The van der Waals surface area contributed by atoms with Crippen molar-refractivity contribution in [3.05, 3.63) is 33.0 Å². The van der Waals surface area contributed by atoms with Crippen LogP contribution >= 0.6 is 22.9 Å². The number of thiophene rings is 1. The molecule has 1 unspecified atom stereocenters. The smallest absolute Gasteiger partial charge is 0.275 e. The minimum Gasteiger partial charge on any atom is -0.333 e. The molecule has 1 aliphatic rings. The van der Waals surface area contributed by atoms with E-state index in [4.69, 9.17) is 0 Å². The van der Waals surface area contributed by atoms with Gasteiger partial charge < -0.3 is 9.80 Å². The average Bonchev–Trinajstić information content (AvgIpc) is 3.17. The lowest BCUT2D eigenvalue weighted by atomic mass is 10.1. The third kappa shape index (κ3) is 2.76. The molecule has 3 heterocycles. The Balaban J connectivity index is 1.69. The van der Waals surface area contributed by atoms with E-state index >= 15 is 0 Å². The molecule has 0 aromatic carbocycles. The number of aryl methyl sites for hydroxylation is 1. The van der Waals surface area contributed by atoms with Crippen LogP contribution in [0.5, 0.6) is 0 Å². The van der Waals surface area contributed by atoms with Crippen LogP contribution in [0.15, 0.2) is 16.8 Å². The Hall–Kier alpha value is -1.80. The van der Waals surface area contributed by atoms with Crippen molar-refractivity contribution in [2.75, 3.05) is 19.6 Å². The summed E-state index contributed by atoms with van der Waals surface area (Å²) in [7, 11) is 0. The van der Waals surface area contributed by atoms with Crippen LogP contribution in [-0.4, -0.2) is 56.9 Å². The summed E-state index contributed by atoms with van der Waals surface area (Å²) in [5.74, 6) is -0.0620. The summed E-state index contributed by atoms with van der Waals surface area (Å²) in [6.45, 7) is 5.40. The van der Waals surface area contributed by atoms with Crippen LogP contribution in [0.2, 0.25) is 0 Å². The van der Waals surface area contributed by atoms with Crippen LogP contribution in [0.4, 0.5) is 0 Å². The number of carbonyl (C=O) groups excluding carboxylic acids is 2. The first-order chi connectivity index (χ1) is 10.6. The second kappa shape index (κ2) is 6.13. The zero-order valence-corrected chi connectivity index (χ0v) is 14.0. The summed E-state index contributed by atoms with van der Waals surface area (Å²) in [6.07, 6.45) is 0. The maximum atomic E-state index is 12.5. The van der Waals surface area contributed by atoms with Crippen molar-refractivity contribution in [3.8, 4) is 0 Å². The number of rotatable bonds is 2. The largest absolute Gasteiger partial charge is 0.333 e. The minimum absolute atomic E-state index is 0.0167. The van der Waals surface area contributed by atoms with Crippen LogP contribution in [0.1, 0.15) is 32.6 Å². The molecule has 0 saturated carbocycles. The molecule has 1 fully saturated rings. The van der Waals surface area contributed by atoms with Gasteiger partial charge in [-0.25, -0.2) is 0 Å². The van der Waals surface area contributed by atoms with Gasteiger partial charge in [0.25, 0.3) is 11.8 Å². The SMILES string of the molecule is Cc1snnc1C(=O)N1CCN(C(=O)c2ccsc2)C(C)C1. The summed E-state index contributed by atoms with van der Waals surface area (Å²) in [4.78, 5) is 29.3. The van der Waals surface area contributed by atoms with E-state index in [1.165, 1.54) is 22.9 Å². The fourth-order valence-corrected chi connectivity index (χ4v) is 3.66. The Morgan fingerprint density at radius 2 is 2.14 bits per heavy atom. The summed E-state index contributed by atoms with van der Waals surface area (Å²) < 4.78 is 3.81. The number of nitrogens with zero attached hydrogens (tertiary/aromatic N) is 4. The van der Waals surface area contributed by atoms with Crippen molar-refractivity contribution in [2.45, 2.75) is 19.9 Å². The van der Waals surface area contributed by atoms with Crippen molar-refractivity contribution in [1.29, 1.82) is 0 Å². The van der Waals surface area contributed by atoms with Gasteiger partial charge in [-0.3, -0.25) is 9.59 Å².